The van der Waals surface area contributed by atoms with E-state index in [4.69, 9.17) is 17.3 Å². The van der Waals surface area contributed by atoms with Crippen LogP contribution in [0.3, 0.4) is 0 Å². The number of hydrogen-bond acceptors (Lipinski definition) is 5. The average molecular weight is 244 g/mol. The number of rotatable bonds is 3. The number of halogens is 1. The third kappa shape index (κ3) is 2.32. The molecule has 0 heterocycles. The first-order valence-corrected chi connectivity index (χ1v) is 4.67. The fourth-order valence-electron chi connectivity index (χ4n) is 1.05. The molecule has 16 heavy (non-hydrogen) atoms. The van der Waals surface area contributed by atoms with E-state index in [2.05, 4.69) is 4.74 Å². The van der Waals surface area contributed by atoms with Crippen molar-refractivity contribution in [2.45, 2.75) is 5.06 Å². The zero-order chi connectivity index (χ0) is 12.3. The van der Waals surface area contributed by atoms with Crippen LogP contribution in [0.25, 0.3) is 0 Å². The largest absolute Gasteiger partial charge is 0.466 e. The fraction of sp³-hybridized carbons (Fsp3) is 0.200. The van der Waals surface area contributed by atoms with E-state index < -0.39 is 16.8 Å². The van der Waals surface area contributed by atoms with Gasteiger partial charge in [0.2, 0.25) is 5.78 Å². The number of benzene rings is 1. The van der Waals surface area contributed by atoms with E-state index in [0.29, 0.717) is 5.69 Å². The van der Waals surface area contributed by atoms with Crippen molar-refractivity contribution in [3.63, 3.8) is 0 Å². The van der Waals surface area contributed by atoms with E-state index in [1.165, 1.54) is 24.3 Å². The third-order valence-corrected chi connectivity index (χ3v) is 2.26. The second-order valence-corrected chi connectivity index (χ2v) is 3.61. The molecule has 0 aliphatic heterocycles. The molecule has 1 atom stereocenters. The summed E-state index contributed by atoms with van der Waals surface area (Å²) in [6.45, 7) is 0. The molecule has 0 fully saturated rings. The van der Waals surface area contributed by atoms with Gasteiger partial charge >= 0.3 is 11.0 Å². The van der Waals surface area contributed by atoms with Gasteiger partial charge in [-0.3, -0.25) is 4.79 Å². The summed E-state index contributed by atoms with van der Waals surface area (Å²) in [4.78, 5) is 22.7. The Bertz CT molecular complexity index is 413. The fourth-order valence-corrected chi connectivity index (χ4v) is 1.24. The van der Waals surface area contributed by atoms with Crippen molar-refractivity contribution in [3.05, 3.63) is 29.8 Å². The summed E-state index contributed by atoms with van der Waals surface area (Å²) in [5.41, 5.74) is 5.94. The van der Waals surface area contributed by atoms with Crippen molar-refractivity contribution in [2.24, 2.45) is 0 Å². The smallest absolute Gasteiger partial charge is 0.362 e. The molecule has 0 aliphatic rings. The van der Waals surface area contributed by atoms with Crippen LogP contribution in [0.5, 0.6) is 0 Å². The number of esters is 1. The van der Waals surface area contributed by atoms with Gasteiger partial charge in [-0.1, -0.05) is 11.6 Å². The Balaban J connectivity index is 3.02. The lowest BCUT2D eigenvalue weighted by molar-refractivity contribution is -0.150. The summed E-state index contributed by atoms with van der Waals surface area (Å²) >= 11 is 5.41. The zero-order valence-corrected chi connectivity index (χ0v) is 9.19. The first-order valence-electron chi connectivity index (χ1n) is 4.29. The number of Topliss-reactive ketones (excluding diaryl/α,β-unsaturated/α-hetero) is 1. The predicted molar refractivity (Wildman–Crippen MR) is 58.0 cm³/mol. The number of ketones is 1. The number of ether oxygens (including phenoxy) is 1. The highest BCUT2D eigenvalue weighted by Crippen LogP contribution is 2.20. The molecule has 1 unspecified atom stereocenters. The van der Waals surface area contributed by atoms with E-state index in [1.807, 2.05) is 0 Å². The number of nitrogens with two attached hydrogens (primary N) is 1. The van der Waals surface area contributed by atoms with E-state index in [0.717, 1.165) is 7.11 Å². The number of hydrogen-bond donors (Lipinski definition) is 2. The Hall–Kier alpha value is -1.59. The molecule has 0 bridgehead atoms. The van der Waals surface area contributed by atoms with Crippen molar-refractivity contribution in [2.75, 3.05) is 12.8 Å². The molecule has 0 aliphatic carbocycles. The van der Waals surface area contributed by atoms with Crippen LogP contribution in [-0.4, -0.2) is 29.0 Å². The number of methoxy groups -OCH3 is 1. The van der Waals surface area contributed by atoms with Crippen LogP contribution < -0.4 is 5.73 Å². The van der Waals surface area contributed by atoms with Gasteiger partial charge in [0.15, 0.2) is 0 Å². The Labute approximate surface area is 96.8 Å². The minimum atomic E-state index is -2.70. The monoisotopic (exact) mass is 243 g/mol. The second kappa shape index (κ2) is 4.51. The Morgan fingerprint density at radius 2 is 1.88 bits per heavy atom. The summed E-state index contributed by atoms with van der Waals surface area (Å²) < 4.78 is 4.21. The van der Waals surface area contributed by atoms with Gasteiger partial charge in [0.25, 0.3) is 0 Å². The number of aliphatic hydroxyl groups is 1. The molecule has 0 aromatic heterocycles. The molecule has 0 radical (unpaired) electrons. The van der Waals surface area contributed by atoms with Gasteiger partial charge in [0.05, 0.1) is 7.11 Å². The highest BCUT2D eigenvalue weighted by Gasteiger charge is 2.43. The molecule has 1 rings (SSSR count). The topological polar surface area (TPSA) is 89.6 Å². The lowest BCUT2D eigenvalue weighted by Gasteiger charge is -2.15. The van der Waals surface area contributed by atoms with Gasteiger partial charge in [-0.05, 0) is 24.3 Å². The van der Waals surface area contributed by atoms with Gasteiger partial charge in [-0.15, -0.1) is 0 Å². The molecule has 0 spiro atoms. The lowest BCUT2D eigenvalue weighted by Crippen LogP contribution is -2.42. The van der Waals surface area contributed by atoms with Crippen LogP contribution >= 0.6 is 11.6 Å². The molecule has 1 aromatic rings. The van der Waals surface area contributed by atoms with Crippen LogP contribution in [0.15, 0.2) is 24.3 Å². The van der Waals surface area contributed by atoms with E-state index in [1.54, 1.807) is 0 Å². The van der Waals surface area contributed by atoms with Crippen molar-refractivity contribution in [1.29, 1.82) is 0 Å². The first kappa shape index (κ1) is 12.5. The van der Waals surface area contributed by atoms with Crippen molar-refractivity contribution in [1.82, 2.24) is 0 Å². The Kier molecular flexibility index (Phi) is 3.51. The van der Waals surface area contributed by atoms with Crippen LogP contribution in [0.2, 0.25) is 0 Å². The molecule has 3 N–H and O–H groups in total. The predicted octanol–water partition coefficient (Wildman–Crippen LogP) is 0.552. The lowest BCUT2D eigenvalue weighted by atomic mass is 10.1. The molecule has 6 heteroatoms. The minimum Gasteiger partial charge on any atom is -0.466 e. The van der Waals surface area contributed by atoms with Gasteiger partial charge in [-0.25, -0.2) is 4.79 Å². The zero-order valence-electron chi connectivity index (χ0n) is 8.44. The number of carbonyl (C=O) groups excluding carboxylic acids is 2. The average Bonchev–Trinajstić information content (AvgIpc) is 2.28. The summed E-state index contributed by atoms with van der Waals surface area (Å²) in [6.07, 6.45) is 0. The summed E-state index contributed by atoms with van der Waals surface area (Å²) in [5.74, 6) is -2.18. The van der Waals surface area contributed by atoms with E-state index in [-0.39, 0.29) is 5.56 Å². The molecule has 0 amide bonds. The number of alkyl halides is 1. The normalized spacial score (nSPS) is 13.9. The van der Waals surface area contributed by atoms with Crippen LogP contribution in [0, 0.1) is 0 Å². The summed E-state index contributed by atoms with van der Waals surface area (Å²) in [7, 11) is 1.02. The molecule has 0 saturated carbocycles. The standard InChI is InChI=1S/C10H10ClNO4/c1-16-9(14)10(11,15)8(13)6-2-4-7(12)5-3-6/h2-5,15H,12H2,1H3. The van der Waals surface area contributed by atoms with E-state index in [9.17, 15) is 14.7 Å². The number of carbonyl (C=O) groups is 2. The molecular formula is C10H10ClNO4. The van der Waals surface area contributed by atoms with Crippen molar-refractivity contribution in [3.8, 4) is 0 Å². The van der Waals surface area contributed by atoms with Gasteiger partial charge in [-0.2, -0.15) is 0 Å². The van der Waals surface area contributed by atoms with Gasteiger partial charge in [0.1, 0.15) is 0 Å². The maximum absolute atomic E-state index is 11.7. The quantitative estimate of drug-likeness (QED) is 0.266. The highest BCUT2D eigenvalue weighted by atomic mass is 35.5. The maximum Gasteiger partial charge on any atom is 0.362 e. The molecule has 0 saturated heterocycles. The minimum absolute atomic E-state index is 0.0668. The maximum atomic E-state index is 11.7. The van der Waals surface area contributed by atoms with Crippen LogP contribution in [-0.2, 0) is 9.53 Å². The van der Waals surface area contributed by atoms with Gasteiger partial charge < -0.3 is 15.6 Å². The van der Waals surface area contributed by atoms with E-state index >= 15 is 0 Å². The molecule has 5 nitrogen and oxygen atoms in total. The van der Waals surface area contributed by atoms with Crippen LogP contribution in [0.4, 0.5) is 5.69 Å². The molecule has 1 aromatic carbocycles. The number of nitrogen functional groups attached to an aromatic ring is 1. The summed E-state index contributed by atoms with van der Waals surface area (Å²) in [6, 6.07) is 5.62. The number of anilines is 1. The molecule has 86 valence electrons. The first-order chi connectivity index (χ1) is 7.39. The third-order valence-electron chi connectivity index (χ3n) is 1.93. The Morgan fingerprint density at radius 1 is 1.38 bits per heavy atom. The van der Waals surface area contributed by atoms with Crippen LogP contribution in [0.1, 0.15) is 10.4 Å². The Morgan fingerprint density at radius 3 is 2.31 bits per heavy atom. The van der Waals surface area contributed by atoms with Gasteiger partial charge in [0, 0.05) is 11.3 Å². The SMILES string of the molecule is COC(=O)C(O)(Cl)C(=O)c1ccc(N)cc1. The summed E-state index contributed by atoms with van der Waals surface area (Å²) in [5, 5.41) is 6.78. The second-order valence-electron chi connectivity index (χ2n) is 3.06. The highest BCUT2D eigenvalue weighted by molar-refractivity contribution is 6.46. The van der Waals surface area contributed by atoms with Crippen molar-refractivity contribution < 1.29 is 19.4 Å². The van der Waals surface area contributed by atoms with Crippen molar-refractivity contribution >= 4 is 29.0 Å². The molecular weight excluding hydrogens is 234 g/mol.